The predicted molar refractivity (Wildman–Crippen MR) is 155 cm³/mol. The number of esters is 1. The molecule has 0 aromatic heterocycles. The van der Waals surface area contributed by atoms with Gasteiger partial charge in [-0.25, -0.2) is 17.9 Å². The third-order valence-electron chi connectivity index (χ3n) is 6.47. The van der Waals surface area contributed by atoms with Crippen molar-refractivity contribution in [3.8, 4) is 0 Å². The quantitative estimate of drug-likeness (QED) is 0.215. The van der Waals surface area contributed by atoms with E-state index in [1.165, 1.54) is 0 Å². The fraction of sp³-hybridized carbons (Fsp3) is 0.188. The molecule has 0 aliphatic heterocycles. The van der Waals surface area contributed by atoms with E-state index in [9.17, 15) is 31.2 Å². The molecular formula is C32H29F3N2O5S. The lowest BCUT2D eigenvalue weighted by atomic mass is 10.1. The summed E-state index contributed by atoms with van der Waals surface area (Å²) in [6.07, 6.45) is -4.38. The number of carbonyl (C=O) groups is 2. The molecule has 2 atom stereocenters. The molecule has 0 heterocycles. The zero-order chi connectivity index (χ0) is 30.9. The maximum absolute atomic E-state index is 13.3. The van der Waals surface area contributed by atoms with E-state index in [4.69, 9.17) is 4.74 Å². The number of benzene rings is 4. The topological polar surface area (TPSA) is 102 Å². The van der Waals surface area contributed by atoms with E-state index in [1.54, 1.807) is 84.9 Å². The SMILES string of the molecule is O=C(N[C@H](Cc1ccccc1)C(=O)OC[C@@H](Cc1ccccc1)NS(=O)(=O)c1ccc(C(F)(F)F)cc1)c1ccccc1. The molecular weight excluding hydrogens is 581 g/mol. The molecule has 0 saturated carbocycles. The summed E-state index contributed by atoms with van der Waals surface area (Å²) in [7, 11) is -4.29. The maximum Gasteiger partial charge on any atom is 0.416 e. The smallest absolute Gasteiger partial charge is 0.416 e. The number of ether oxygens (including phenoxy) is 1. The van der Waals surface area contributed by atoms with Crippen LogP contribution in [-0.4, -0.2) is 39.0 Å². The van der Waals surface area contributed by atoms with Crippen LogP contribution in [0.1, 0.15) is 27.0 Å². The summed E-state index contributed by atoms with van der Waals surface area (Å²) in [5, 5.41) is 2.70. The Labute approximate surface area is 247 Å². The van der Waals surface area contributed by atoms with E-state index in [1.807, 2.05) is 6.07 Å². The standard InChI is InChI=1S/C32H29F3N2O5S/c33-32(34,35)26-16-18-28(19-17-26)43(40,41)37-27(20-23-10-4-1-5-11-23)22-42-31(39)29(21-24-12-6-2-7-13-24)36-30(38)25-14-8-3-9-15-25/h1-19,27,29,37H,20-22H2,(H,36,38)/t27-,29-/m1/s1. The lowest BCUT2D eigenvalue weighted by molar-refractivity contribution is -0.146. The molecule has 11 heteroatoms. The number of nitrogens with one attached hydrogen (secondary N) is 2. The Morgan fingerprint density at radius 1 is 0.721 bits per heavy atom. The van der Waals surface area contributed by atoms with Crippen LogP contribution in [0.25, 0.3) is 0 Å². The number of carbonyl (C=O) groups excluding carboxylic acids is 2. The Morgan fingerprint density at radius 3 is 1.77 bits per heavy atom. The van der Waals surface area contributed by atoms with Gasteiger partial charge in [0.2, 0.25) is 10.0 Å². The van der Waals surface area contributed by atoms with Crippen molar-refractivity contribution in [2.24, 2.45) is 0 Å². The minimum absolute atomic E-state index is 0.119. The van der Waals surface area contributed by atoms with Crippen LogP contribution in [0.2, 0.25) is 0 Å². The Bertz CT molecular complexity index is 1600. The van der Waals surface area contributed by atoms with E-state index in [0.717, 1.165) is 23.3 Å². The number of hydrogen-bond donors (Lipinski definition) is 2. The zero-order valence-electron chi connectivity index (χ0n) is 22.8. The lowest BCUT2D eigenvalue weighted by Gasteiger charge is -2.22. The van der Waals surface area contributed by atoms with Crippen LogP contribution >= 0.6 is 0 Å². The first-order valence-electron chi connectivity index (χ1n) is 13.3. The largest absolute Gasteiger partial charge is 0.462 e. The fourth-order valence-corrected chi connectivity index (χ4v) is 5.52. The van der Waals surface area contributed by atoms with Crippen LogP contribution in [0.3, 0.4) is 0 Å². The second-order valence-corrected chi connectivity index (χ2v) is 11.5. The molecule has 4 aromatic carbocycles. The Hall–Kier alpha value is -4.48. The van der Waals surface area contributed by atoms with Crippen molar-refractivity contribution >= 4 is 21.9 Å². The van der Waals surface area contributed by atoms with Gasteiger partial charge in [0, 0.05) is 12.0 Å². The molecule has 0 bridgehead atoms. The predicted octanol–water partition coefficient (Wildman–Crippen LogP) is 5.18. The van der Waals surface area contributed by atoms with Crippen molar-refractivity contribution in [1.82, 2.24) is 10.0 Å². The third kappa shape index (κ3) is 9.25. The van der Waals surface area contributed by atoms with Crippen molar-refractivity contribution in [1.29, 1.82) is 0 Å². The van der Waals surface area contributed by atoms with Gasteiger partial charge in [-0.3, -0.25) is 4.79 Å². The van der Waals surface area contributed by atoms with Crippen molar-refractivity contribution < 1.29 is 35.9 Å². The number of sulfonamides is 1. The number of amides is 1. The summed E-state index contributed by atoms with van der Waals surface area (Å²) in [5.41, 5.74) is 0.862. The van der Waals surface area contributed by atoms with Gasteiger partial charge in [0.15, 0.2) is 0 Å². The lowest BCUT2D eigenvalue weighted by Crippen LogP contribution is -2.46. The minimum atomic E-state index is -4.62. The molecule has 0 aliphatic rings. The van der Waals surface area contributed by atoms with Gasteiger partial charge in [-0.05, 0) is 53.9 Å². The van der Waals surface area contributed by atoms with E-state index in [2.05, 4.69) is 10.0 Å². The van der Waals surface area contributed by atoms with Gasteiger partial charge in [-0.2, -0.15) is 13.2 Å². The van der Waals surface area contributed by atoms with Gasteiger partial charge in [-0.15, -0.1) is 0 Å². The van der Waals surface area contributed by atoms with E-state index in [0.29, 0.717) is 17.7 Å². The van der Waals surface area contributed by atoms with Crippen LogP contribution in [0.5, 0.6) is 0 Å². The van der Waals surface area contributed by atoms with Crippen LogP contribution in [0, 0.1) is 0 Å². The van der Waals surface area contributed by atoms with E-state index >= 15 is 0 Å². The monoisotopic (exact) mass is 610 g/mol. The van der Waals surface area contributed by atoms with Gasteiger partial charge in [0.25, 0.3) is 5.91 Å². The average molecular weight is 611 g/mol. The number of rotatable bonds is 12. The summed E-state index contributed by atoms with van der Waals surface area (Å²) in [5.74, 6) is -1.26. The Balaban J connectivity index is 1.52. The second-order valence-electron chi connectivity index (χ2n) is 9.74. The van der Waals surface area contributed by atoms with Crippen molar-refractivity contribution in [2.45, 2.75) is 36.0 Å². The number of alkyl halides is 3. The molecule has 0 saturated heterocycles. The summed E-state index contributed by atoms with van der Waals surface area (Å²) >= 11 is 0. The van der Waals surface area contributed by atoms with Crippen LogP contribution < -0.4 is 10.0 Å². The highest BCUT2D eigenvalue weighted by molar-refractivity contribution is 7.89. The molecule has 0 fully saturated rings. The molecule has 2 N–H and O–H groups in total. The highest BCUT2D eigenvalue weighted by atomic mass is 32.2. The Kier molecular flexibility index (Phi) is 10.3. The average Bonchev–Trinajstić information content (AvgIpc) is 3.00. The summed E-state index contributed by atoms with van der Waals surface area (Å²) in [6, 6.07) is 27.2. The maximum atomic E-state index is 13.3. The van der Waals surface area contributed by atoms with Gasteiger partial charge in [0.1, 0.15) is 12.6 Å². The van der Waals surface area contributed by atoms with Crippen molar-refractivity contribution in [3.05, 3.63) is 138 Å². The van der Waals surface area contributed by atoms with E-state index in [-0.39, 0.29) is 17.7 Å². The molecule has 43 heavy (non-hydrogen) atoms. The molecule has 224 valence electrons. The summed E-state index contributed by atoms with van der Waals surface area (Å²) in [6.45, 7) is -0.403. The number of hydrogen-bond acceptors (Lipinski definition) is 5. The normalized spacial score (nSPS) is 13.1. The highest BCUT2D eigenvalue weighted by Gasteiger charge is 2.31. The second kappa shape index (κ2) is 14.1. The van der Waals surface area contributed by atoms with Crippen molar-refractivity contribution in [2.75, 3.05) is 6.61 Å². The van der Waals surface area contributed by atoms with Gasteiger partial charge >= 0.3 is 12.1 Å². The fourth-order valence-electron chi connectivity index (χ4n) is 4.30. The van der Waals surface area contributed by atoms with Crippen molar-refractivity contribution in [3.63, 3.8) is 0 Å². The first kappa shape index (κ1) is 31.5. The zero-order valence-corrected chi connectivity index (χ0v) is 23.6. The van der Waals surface area contributed by atoms with Crippen LogP contribution in [0.15, 0.2) is 120 Å². The molecule has 0 spiro atoms. The van der Waals surface area contributed by atoms with E-state index < -0.39 is 52.3 Å². The van der Waals surface area contributed by atoms with Gasteiger partial charge in [0.05, 0.1) is 16.5 Å². The van der Waals surface area contributed by atoms with Crippen LogP contribution in [-0.2, 0) is 38.6 Å². The minimum Gasteiger partial charge on any atom is -0.462 e. The summed E-state index contributed by atoms with van der Waals surface area (Å²) < 4.78 is 73.2. The molecule has 4 rings (SSSR count). The summed E-state index contributed by atoms with van der Waals surface area (Å²) in [4.78, 5) is 25.8. The third-order valence-corrected chi connectivity index (χ3v) is 8.01. The molecule has 1 amide bonds. The number of halogens is 3. The molecule has 0 aliphatic carbocycles. The van der Waals surface area contributed by atoms with Crippen LogP contribution in [0.4, 0.5) is 13.2 Å². The molecule has 0 radical (unpaired) electrons. The first-order valence-corrected chi connectivity index (χ1v) is 14.8. The molecule has 4 aromatic rings. The Morgan fingerprint density at radius 2 is 1.23 bits per heavy atom. The van der Waals surface area contributed by atoms with Gasteiger partial charge < -0.3 is 10.1 Å². The van der Waals surface area contributed by atoms with Gasteiger partial charge in [-0.1, -0.05) is 78.9 Å². The highest BCUT2D eigenvalue weighted by Crippen LogP contribution is 2.29. The molecule has 0 unspecified atom stereocenters. The first-order chi connectivity index (χ1) is 20.5. The molecule has 7 nitrogen and oxygen atoms in total.